The van der Waals surface area contributed by atoms with Gasteiger partial charge < -0.3 is 20.1 Å². The quantitative estimate of drug-likeness (QED) is 0.599. The summed E-state index contributed by atoms with van der Waals surface area (Å²) < 4.78 is 2.08. The second kappa shape index (κ2) is 7.15. The molecule has 6 nitrogen and oxygen atoms in total. The van der Waals surface area contributed by atoms with Gasteiger partial charge in [0.05, 0.1) is 6.54 Å². The maximum atomic E-state index is 11.7. The molecule has 1 aromatic heterocycles. The number of rotatable bonds is 6. The van der Waals surface area contributed by atoms with Crippen molar-refractivity contribution in [3.63, 3.8) is 0 Å². The molecule has 1 aliphatic carbocycles. The van der Waals surface area contributed by atoms with Gasteiger partial charge in [-0.1, -0.05) is 0 Å². The number of hydrogen-bond donors (Lipinski definition) is 2. The first kappa shape index (κ1) is 15.4. The topological polar surface area (TPSA) is 61.7 Å². The van der Waals surface area contributed by atoms with E-state index < -0.39 is 0 Å². The summed E-state index contributed by atoms with van der Waals surface area (Å²) in [4.78, 5) is 18.2. The van der Waals surface area contributed by atoms with E-state index in [0.717, 1.165) is 31.9 Å². The van der Waals surface area contributed by atoms with Crippen LogP contribution in [-0.2, 0) is 18.4 Å². The predicted molar refractivity (Wildman–Crippen MR) is 84.0 cm³/mol. The lowest BCUT2D eigenvalue weighted by atomic mass is 10.4. The van der Waals surface area contributed by atoms with E-state index in [1.165, 1.54) is 5.69 Å². The van der Waals surface area contributed by atoms with Crippen LogP contribution in [0.15, 0.2) is 23.3 Å². The van der Waals surface area contributed by atoms with Crippen LogP contribution in [0.25, 0.3) is 0 Å². The summed E-state index contributed by atoms with van der Waals surface area (Å²) in [5.41, 5.74) is 1.20. The predicted octanol–water partition coefficient (Wildman–Crippen LogP) is 0.701. The highest BCUT2D eigenvalue weighted by Crippen LogP contribution is 2.18. The molecule has 1 aromatic rings. The maximum Gasteiger partial charge on any atom is 0.242 e. The van der Waals surface area contributed by atoms with E-state index in [9.17, 15) is 4.79 Å². The van der Waals surface area contributed by atoms with Crippen LogP contribution in [0.1, 0.15) is 25.5 Å². The zero-order chi connectivity index (χ0) is 15.2. The molecule has 1 amide bonds. The SMILES string of the molecule is CCNC(=NCC(=O)NC1CC1)N(C)Cc1cccn1C. The molecule has 21 heavy (non-hydrogen) atoms. The van der Waals surface area contributed by atoms with E-state index in [1.54, 1.807) is 0 Å². The van der Waals surface area contributed by atoms with Crippen LogP contribution in [0.5, 0.6) is 0 Å². The number of nitrogens with one attached hydrogen (secondary N) is 2. The van der Waals surface area contributed by atoms with Crippen LogP contribution < -0.4 is 10.6 Å². The third kappa shape index (κ3) is 4.81. The fourth-order valence-corrected chi connectivity index (χ4v) is 2.10. The Kier molecular flexibility index (Phi) is 5.25. The van der Waals surface area contributed by atoms with Gasteiger partial charge in [0.15, 0.2) is 5.96 Å². The summed E-state index contributed by atoms with van der Waals surface area (Å²) in [6.07, 6.45) is 4.22. The average molecular weight is 291 g/mol. The van der Waals surface area contributed by atoms with Crippen molar-refractivity contribution >= 4 is 11.9 Å². The van der Waals surface area contributed by atoms with Gasteiger partial charge in [-0.15, -0.1) is 0 Å². The third-order valence-corrected chi connectivity index (χ3v) is 3.46. The molecule has 1 saturated carbocycles. The molecule has 1 fully saturated rings. The van der Waals surface area contributed by atoms with Gasteiger partial charge in [-0.05, 0) is 31.9 Å². The van der Waals surface area contributed by atoms with Crippen molar-refractivity contribution in [2.75, 3.05) is 20.1 Å². The third-order valence-electron chi connectivity index (χ3n) is 3.46. The lowest BCUT2D eigenvalue weighted by Crippen LogP contribution is -2.40. The number of aliphatic imine (C=N–C) groups is 1. The number of amides is 1. The molecule has 116 valence electrons. The van der Waals surface area contributed by atoms with E-state index in [2.05, 4.69) is 26.3 Å². The Bertz CT molecular complexity index is 504. The highest BCUT2D eigenvalue weighted by molar-refractivity contribution is 5.85. The summed E-state index contributed by atoms with van der Waals surface area (Å²) >= 11 is 0. The summed E-state index contributed by atoms with van der Waals surface area (Å²) in [5.74, 6) is 0.754. The van der Waals surface area contributed by atoms with Crippen molar-refractivity contribution < 1.29 is 4.79 Å². The fourth-order valence-electron chi connectivity index (χ4n) is 2.10. The van der Waals surface area contributed by atoms with Gasteiger partial charge in [-0.25, -0.2) is 4.99 Å². The zero-order valence-electron chi connectivity index (χ0n) is 13.1. The Balaban J connectivity index is 1.92. The summed E-state index contributed by atoms with van der Waals surface area (Å²) in [6, 6.07) is 4.49. The van der Waals surface area contributed by atoms with Gasteiger partial charge in [-0.3, -0.25) is 4.79 Å². The molecular formula is C15H25N5O. The summed E-state index contributed by atoms with van der Waals surface area (Å²) in [5, 5.41) is 6.17. The van der Waals surface area contributed by atoms with Crippen LogP contribution >= 0.6 is 0 Å². The largest absolute Gasteiger partial charge is 0.357 e. The molecule has 1 heterocycles. The first-order valence-corrected chi connectivity index (χ1v) is 7.49. The molecule has 0 aliphatic heterocycles. The minimum Gasteiger partial charge on any atom is -0.357 e. The Labute approximate surface area is 126 Å². The Morgan fingerprint density at radius 1 is 1.52 bits per heavy atom. The van der Waals surface area contributed by atoms with Crippen molar-refractivity contribution in [3.05, 3.63) is 24.0 Å². The minimum atomic E-state index is 0.000157. The molecule has 2 rings (SSSR count). The molecule has 0 spiro atoms. The van der Waals surface area contributed by atoms with Crippen LogP contribution in [0.3, 0.4) is 0 Å². The van der Waals surface area contributed by atoms with Crippen LogP contribution in [0.2, 0.25) is 0 Å². The molecule has 1 aliphatic rings. The Hall–Kier alpha value is -1.98. The smallest absolute Gasteiger partial charge is 0.242 e. The highest BCUT2D eigenvalue weighted by Gasteiger charge is 2.23. The standard InChI is InChI=1S/C15H25N5O/c1-4-16-15(17-10-14(21)18-12-7-8-12)20(3)11-13-6-5-9-19(13)2/h5-6,9,12H,4,7-8,10-11H2,1-3H3,(H,16,17)(H,18,21). The maximum absolute atomic E-state index is 11.7. The monoisotopic (exact) mass is 291 g/mol. The highest BCUT2D eigenvalue weighted by atomic mass is 16.2. The lowest BCUT2D eigenvalue weighted by molar-refractivity contribution is -0.119. The number of aryl methyl sites for hydroxylation is 1. The molecule has 2 N–H and O–H groups in total. The number of guanidine groups is 1. The summed E-state index contributed by atoms with van der Waals surface area (Å²) in [6.45, 7) is 3.73. The lowest BCUT2D eigenvalue weighted by Gasteiger charge is -2.22. The molecule has 0 aromatic carbocycles. The normalized spacial score (nSPS) is 14.9. The van der Waals surface area contributed by atoms with Crippen molar-refractivity contribution in [1.82, 2.24) is 20.1 Å². The molecule has 0 radical (unpaired) electrons. The number of nitrogens with zero attached hydrogens (tertiary/aromatic N) is 3. The molecular weight excluding hydrogens is 266 g/mol. The van der Waals surface area contributed by atoms with Gasteiger partial charge in [0.25, 0.3) is 0 Å². The number of aromatic nitrogens is 1. The zero-order valence-corrected chi connectivity index (χ0v) is 13.1. The van der Waals surface area contributed by atoms with Crippen LogP contribution in [0.4, 0.5) is 0 Å². The van der Waals surface area contributed by atoms with Crippen molar-refractivity contribution in [3.8, 4) is 0 Å². The van der Waals surface area contributed by atoms with Crippen molar-refractivity contribution in [1.29, 1.82) is 0 Å². The van der Waals surface area contributed by atoms with Crippen molar-refractivity contribution in [2.45, 2.75) is 32.4 Å². The molecule has 6 heteroatoms. The Morgan fingerprint density at radius 3 is 2.86 bits per heavy atom. The van der Waals surface area contributed by atoms with Gasteiger partial charge in [0, 0.05) is 38.6 Å². The van der Waals surface area contributed by atoms with E-state index in [4.69, 9.17) is 0 Å². The second-order valence-corrected chi connectivity index (χ2v) is 5.48. The van der Waals surface area contributed by atoms with Gasteiger partial charge in [-0.2, -0.15) is 0 Å². The van der Waals surface area contributed by atoms with E-state index in [0.29, 0.717) is 6.04 Å². The number of carbonyl (C=O) groups excluding carboxylic acids is 1. The van der Waals surface area contributed by atoms with Gasteiger partial charge in [0.1, 0.15) is 6.54 Å². The first-order valence-electron chi connectivity index (χ1n) is 7.49. The number of hydrogen-bond acceptors (Lipinski definition) is 2. The fraction of sp³-hybridized carbons (Fsp3) is 0.600. The molecule has 0 bridgehead atoms. The minimum absolute atomic E-state index is 0.000157. The first-order chi connectivity index (χ1) is 10.1. The summed E-state index contributed by atoms with van der Waals surface area (Å²) in [7, 11) is 4.00. The Morgan fingerprint density at radius 2 is 2.29 bits per heavy atom. The van der Waals surface area contributed by atoms with E-state index in [1.807, 2.05) is 38.2 Å². The van der Waals surface area contributed by atoms with Crippen LogP contribution in [0, 0.1) is 0 Å². The van der Waals surface area contributed by atoms with Gasteiger partial charge >= 0.3 is 0 Å². The van der Waals surface area contributed by atoms with Crippen molar-refractivity contribution in [2.24, 2.45) is 12.0 Å². The van der Waals surface area contributed by atoms with E-state index in [-0.39, 0.29) is 12.5 Å². The van der Waals surface area contributed by atoms with Crippen LogP contribution in [-0.4, -0.2) is 47.5 Å². The van der Waals surface area contributed by atoms with Gasteiger partial charge in [0.2, 0.25) is 5.91 Å². The molecule has 0 saturated heterocycles. The molecule has 0 atom stereocenters. The second-order valence-electron chi connectivity index (χ2n) is 5.48. The molecule has 0 unspecified atom stereocenters. The number of carbonyl (C=O) groups is 1. The van der Waals surface area contributed by atoms with E-state index >= 15 is 0 Å². The average Bonchev–Trinajstić information content (AvgIpc) is 3.17.